The highest BCUT2D eigenvalue weighted by Gasteiger charge is 2.24. The van der Waals surface area contributed by atoms with Gasteiger partial charge in [0.05, 0.1) is 5.56 Å². The van der Waals surface area contributed by atoms with Crippen LogP contribution in [0.25, 0.3) is 0 Å². The lowest BCUT2D eigenvalue weighted by Crippen LogP contribution is -2.48. The number of nitrogens with one attached hydrogen (secondary N) is 2. The molecule has 0 bridgehead atoms. The van der Waals surface area contributed by atoms with Gasteiger partial charge in [-0.05, 0) is 37.4 Å². The largest absolute Gasteiger partial charge is 0.350 e. The standard InChI is InChI=1S/C15H19F3N2O/c1-2-9-4-3-7-19-12(9)8-20-15(21)10-5-6-11(16)14(18)13(10)17/h5-6,9,12,19H,2-4,7-8H2,1H3,(H,20,21). The van der Waals surface area contributed by atoms with Crippen molar-refractivity contribution in [3.05, 3.63) is 35.1 Å². The number of hydrogen-bond acceptors (Lipinski definition) is 2. The van der Waals surface area contributed by atoms with E-state index in [1.165, 1.54) is 0 Å². The van der Waals surface area contributed by atoms with Gasteiger partial charge < -0.3 is 10.6 Å². The second kappa shape index (κ2) is 6.93. The van der Waals surface area contributed by atoms with Gasteiger partial charge in [-0.25, -0.2) is 13.2 Å². The van der Waals surface area contributed by atoms with Gasteiger partial charge in [0.25, 0.3) is 5.91 Å². The molecule has 2 unspecified atom stereocenters. The van der Waals surface area contributed by atoms with Crippen molar-refractivity contribution < 1.29 is 18.0 Å². The summed E-state index contributed by atoms with van der Waals surface area (Å²) in [6, 6.07) is 1.83. The van der Waals surface area contributed by atoms with Crippen LogP contribution >= 0.6 is 0 Å². The van der Waals surface area contributed by atoms with Crippen LogP contribution in [-0.2, 0) is 0 Å². The summed E-state index contributed by atoms with van der Waals surface area (Å²) in [4.78, 5) is 11.9. The molecule has 2 atom stereocenters. The van der Waals surface area contributed by atoms with E-state index >= 15 is 0 Å². The molecule has 1 aliphatic heterocycles. The third kappa shape index (κ3) is 3.56. The third-order valence-corrected chi connectivity index (χ3v) is 4.01. The average molecular weight is 300 g/mol. The van der Waals surface area contributed by atoms with E-state index in [-0.39, 0.29) is 6.04 Å². The number of carbonyl (C=O) groups excluding carboxylic acids is 1. The van der Waals surface area contributed by atoms with E-state index in [4.69, 9.17) is 0 Å². The quantitative estimate of drug-likeness (QED) is 0.839. The zero-order chi connectivity index (χ0) is 15.4. The van der Waals surface area contributed by atoms with E-state index in [2.05, 4.69) is 17.6 Å². The Morgan fingerprint density at radius 3 is 2.81 bits per heavy atom. The molecule has 6 heteroatoms. The summed E-state index contributed by atoms with van der Waals surface area (Å²) >= 11 is 0. The summed E-state index contributed by atoms with van der Waals surface area (Å²) in [6.07, 6.45) is 3.18. The fraction of sp³-hybridized carbons (Fsp3) is 0.533. The summed E-state index contributed by atoms with van der Waals surface area (Å²) in [5.74, 6) is -4.65. The number of halogens is 3. The molecule has 1 aromatic rings. The van der Waals surface area contributed by atoms with Crippen molar-refractivity contribution in [2.75, 3.05) is 13.1 Å². The van der Waals surface area contributed by atoms with Gasteiger partial charge in [0.1, 0.15) is 0 Å². The van der Waals surface area contributed by atoms with Crippen LogP contribution in [0.5, 0.6) is 0 Å². The van der Waals surface area contributed by atoms with E-state index in [9.17, 15) is 18.0 Å². The van der Waals surface area contributed by atoms with Crippen LogP contribution in [-0.4, -0.2) is 25.0 Å². The van der Waals surface area contributed by atoms with E-state index in [1.807, 2.05) is 0 Å². The second-order valence-corrected chi connectivity index (χ2v) is 5.30. The topological polar surface area (TPSA) is 41.1 Å². The summed E-state index contributed by atoms with van der Waals surface area (Å²) < 4.78 is 39.5. The summed E-state index contributed by atoms with van der Waals surface area (Å²) in [5, 5.41) is 5.91. The number of benzene rings is 1. The minimum atomic E-state index is -1.62. The molecule has 0 radical (unpaired) electrons. The fourth-order valence-electron chi connectivity index (χ4n) is 2.75. The van der Waals surface area contributed by atoms with Gasteiger partial charge in [-0.1, -0.05) is 13.3 Å². The van der Waals surface area contributed by atoms with Crippen LogP contribution in [0, 0.1) is 23.4 Å². The van der Waals surface area contributed by atoms with E-state index in [0.717, 1.165) is 37.9 Å². The summed E-state index contributed by atoms with van der Waals surface area (Å²) in [5.41, 5.74) is -0.474. The average Bonchev–Trinajstić information content (AvgIpc) is 2.50. The Hall–Kier alpha value is -1.56. The molecular formula is C15H19F3N2O. The Morgan fingerprint density at radius 1 is 1.33 bits per heavy atom. The Morgan fingerprint density at radius 2 is 2.10 bits per heavy atom. The summed E-state index contributed by atoms with van der Waals surface area (Å²) in [6.45, 7) is 3.31. The molecule has 1 fully saturated rings. The van der Waals surface area contributed by atoms with E-state index in [0.29, 0.717) is 12.5 Å². The van der Waals surface area contributed by atoms with Crippen molar-refractivity contribution in [3.63, 3.8) is 0 Å². The second-order valence-electron chi connectivity index (χ2n) is 5.30. The maximum absolute atomic E-state index is 13.5. The summed E-state index contributed by atoms with van der Waals surface area (Å²) in [7, 11) is 0. The van der Waals surface area contributed by atoms with Crippen LogP contribution in [0.3, 0.4) is 0 Å². The van der Waals surface area contributed by atoms with Crippen LogP contribution < -0.4 is 10.6 Å². The lowest BCUT2D eigenvalue weighted by atomic mass is 9.88. The lowest BCUT2D eigenvalue weighted by molar-refractivity contribution is 0.0937. The fourth-order valence-corrected chi connectivity index (χ4v) is 2.75. The van der Waals surface area contributed by atoms with Crippen molar-refractivity contribution in [2.24, 2.45) is 5.92 Å². The number of rotatable bonds is 4. The lowest BCUT2D eigenvalue weighted by Gasteiger charge is -2.32. The molecule has 0 spiro atoms. The van der Waals surface area contributed by atoms with Gasteiger partial charge >= 0.3 is 0 Å². The predicted octanol–water partition coefficient (Wildman–Crippen LogP) is 2.61. The first-order valence-corrected chi connectivity index (χ1v) is 7.19. The van der Waals surface area contributed by atoms with Crippen LogP contribution in [0.15, 0.2) is 12.1 Å². The zero-order valence-corrected chi connectivity index (χ0v) is 11.9. The predicted molar refractivity (Wildman–Crippen MR) is 73.5 cm³/mol. The first-order chi connectivity index (χ1) is 10.0. The third-order valence-electron chi connectivity index (χ3n) is 4.01. The van der Waals surface area contributed by atoms with Crippen molar-refractivity contribution in [1.29, 1.82) is 0 Å². The Labute approximate surface area is 121 Å². The van der Waals surface area contributed by atoms with Crippen molar-refractivity contribution >= 4 is 5.91 Å². The maximum atomic E-state index is 13.5. The van der Waals surface area contributed by atoms with Gasteiger partial charge in [0, 0.05) is 12.6 Å². The number of carbonyl (C=O) groups is 1. The van der Waals surface area contributed by atoms with Gasteiger partial charge in [-0.15, -0.1) is 0 Å². The minimum absolute atomic E-state index is 0.126. The zero-order valence-electron chi connectivity index (χ0n) is 11.9. The highest BCUT2D eigenvalue weighted by molar-refractivity contribution is 5.94. The molecule has 0 aliphatic carbocycles. The first-order valence-electron chi connectivity index (χ1n) is 7.19. The normalized spacial score (nSPS) is 22.1. The van der Waals surface area contributed by atoms with Crippen LogP contribution in [0.1, 0.15) is 36.5 Å². The number of piperidine rings is 1. The van der Waals surface area contributed by atoms with Crippen molar-refractivity contribution in [3.8, 4) is 0 Å². The molecule has 1 heterocycles. The highest BCUT2D eigenvalue weighted by Crippen LogP contribution is 2.19. The molecule has 1 amide bonds. The van der Waals surface area contributed by atoms with Gasteiger partial charge in [0.2, 0.25) is 0 Å². The van der Waals surface area contributed by atoms with Crippen molar-refractivity contribution in [1.82, 2.24) is 10.6 Å². The Bertz CT molecular complexity index is 522. The Balaban J connectivity index is 2.00. The molecule has 1 saturated heterocycles. The molecule has 3 nitrogen and oxygen atoms in total. The van der Waals surface area contributed by atoms with Crippen LogP contribution in [0.2, 0.25) is 0 Å². The molecule has 2 rings (SSSR count). The minimum Gasteiger partial charge on any atom is -0.350 e. The van der Waals surface area contributed by atoms with E-state index in [1.54, 1.807) is 0 Å². The molecule has 116 valence electrons. The molecular weight excluding hydrogens is 281 g/mol. The van der Waals surface area contributed by atoms with Crippen LogP contribution in [0.4, 0.5) is 13.2 Å². The van der Waals surface area contributed by atoms with Gasteiger partial charge in [0.15, 0.2) is 17.5 Å². The molecule has 2 N–H and O–H groups in total. The molecule has 0 aromatic heterocycles. The molecule has 21 heavy (non-hydrogen) atoms. The smallest absolute Gasteiger partial charge is 0.254 e. The Kier molecular flexibility index (Phi) is 5.22. The van der Waals surface area contributed by atoms with Gasteiger partial charge in [-0.2, -0.15) is 0 Å². The first kappa shape index (κ1) is 15.8. The van der Waals surface area contributed by atoms with E-state index < -0.39 is 28.9 Å². The monoisotopic (exact) mass is 300 g/mol. The number of hydrogen-bond donors (Lipinski definition) is 2. The SMILES string of the molecule is CCC1CCCNC1CNC(=O)c1ccc(F)c(F)c1F. The molecule has 0 saturated carbocycles. The molecule has 1 aromatic carbocycles. The maximum Gasteiger partial charge on any atom is 0.254 e. The highest BCUT2D eigenvalue weighted by atomic mass is 19.2. The van der Waals surface area contributed by atoms with Gasteiger partial charge in [-0.3, -0.25) is 4.79 Å². The molecule has 1 aliphatic rings. The van der Waals surface area contributed by atoms with Crippen molar-refractivity contribution in [2.45, 2.75) is 32.2 Å². The number of amides is 1.